The van der Waals surface area contributed by atoms with Crippen LogP contribution in [0.2, 0.25) is 0 Å². The first-order valence-electron chi connectivity index (χ1n) is 18.2. The molecular weight excluding hydrogens is 663 g/mol. The van der Waals surface area contributed by atoms with Gasteiger partial charge in [-0.15, -0.1) is 0 Å². The molecule has 2 aromatic carbocycles. The Kier molecular flexibility index (Phi) is 10.2. The van der Waals surface area contributed by atoms with E-state index >= 15 is 0 Å². The molecule has 2 unspecified atom stereocenters. The molecule has 3 aliphatic rings. The minimum atomic E-state index is -0.616. The molecule has 51 heavy (non-hydrogen) atoms. The van der Waals surface area contributed by atoms with Crippen LogP contribution >= 0.6 is 11.9 Å². The van der Waals surface area contributed by atoms with E-state index in [4.69, 9.17) is 14.5 Å². The Bertz CT molecular complexity index is 1940. The van der Waals surface area contributed by atoms with Crippen molar-refractivity contribution in [2.45, 2.75) is 96.2 Å². The van der Waals surface area contributed by atoms with Crippen LogP contribution in [-0.4, -0.2) is 69.1 Å². The third-order valence-electron chi connectivity index (χ3n) is 10.3. The van der Waals surface area contributed by atoms with Gasteiger partial charge in [0.1, 0.15) is 17.8 Å². The summed E-state index contributed by atoms with van der Waals surface area (Å²) in [6, 6.07) is 15.0. The van der Waals surface area contributed by atoms with Crippen LogP contribution in [0.5, 0.6) is 5.75 Å². The Morgan fingerprint density at radius 1 is 1.14 bits per heavy atom. The number of benzene rings is 2. The fourth-order valence-corrected chi connectivity index (χ4v) is 8.32. The number of aryl methyl sites for hydroxylation is 1. The predicted molar refractivity (Wildman–Crippen MR) is 201 cm³/mol. The number of nitrogens with one attached hydrogen (secondary N) is 2. The van der Waals surface area contributed by atoms with Gasteiger partial charge in [0.15, 0.2) is 0 Å². The number of aromatic nitrogens is 2. The van der Waals surface area contributed by atoms with Gasteiger partial charge in [0.2, 0.25) is 0 Å². The van der Waals surface area contributed by atoms with E-state index in [0.717, 1.165) is 69.5 Å². The van der Waals surface area contributed by atoms with E-state index in [2.05, 4.69) is 65.8 Å². The molecule has 7 rings (SSSR count). The molecule has 4 aromatic rings. The fourth-order valence-electron chi connectivity index (χ4n) is 7.41. The maximum atomic E-state index is 14.0. The SMILES string of the molecule is CCn1c(-c2cccnc2C(C)OC)c2c3cc(ccc31)-c1cc(O)cc(c1)CC(NSC1CC1)C(=O)N1CCC[C@H](N1)C(=O)OCC(C)(C)C2. The number of phenols is 1. The fraction of sp³-hybridized carbons (Fsp3) is 0.475. The summed E-state index contributed by atoms with van der Waals surface area (Å²) < 4.78 is 17.6. The number of ether oxygens (including phenoxy) is 2. The molecule has 11 heteroatoms. The first-order valence-corrected chi connectivity index (χ1v) is 19.0. The van der Waals surface area contributed by atoms with Crippen LogP contribution in [0.15, 0.2) is 54.7 Å². The number of pyridine rings is 1. The summed E-state index contributed by atoms with van der Waals surface area (Å²) in [5.41, 5.74) is 10.6. The summed E-state index contributed by atoms with van der Waals surface area (Å²) in [6.45, 7) is 9.87. The standard InChI is InChI=1S/C40H49N5O5S/c1-6-44-35-14-11-26-21-31(35)32(37(44)30-9-7-15-41-36(30)24(2)49-5)22-40(3,4)23-50-39(48)33-10-8-16-45(42-33)38(47)34(43-51-29-12-13-29)19-25-17-27(26)20-28(46)18-25/h7,9,11,14-15,17-18,20-21,24,29,33-34,42-43,46H,6,8,10,12-13,16,19,22-23H2,1-5H3/t24?,33-,34?/m0/s1. The number of nitrogens with zero attached hydrogens (tertiary/aromatic N) is 3. The number of fused-ring (bicyclic) bond motifs is 6. The third-order valence-corrected chi connectivity index (χ3v) is 11.5. The lowest BCUT2D eigenvalue weighted by Gasteiger charge is -2.35. The molecule has 6 bridgehead atoms. The average molecular weight is 712 g/mol. The minimum absolute atomic E-state index is 0.121. The van der Waals surface area contributed by atoms with Gasteiger partial charge in [0, 0.05) is 53.5 Å². The highest BCUT2D eigenvalue weighted by atomic mass is 32.2. The van der Waals surface area contributed by atoms with Crippen molar-refractivity contribution in [1.29, 1.82) is 0 Å². The number of methoxy groups -OCH3 is 1. The van der Waals surface area contributed by atoms with E-state index in [1.807, 2.05) is 19.2 Å². The van der Waals surface area contributed by atoms with Crippen LogP contribution in [-0.2, 0) is 38.4 Å². The molecule has 1 amide bonds. The summed E-state index contributed by atoms with van der Waals surface area (Å²) >= 11 is 1.61. The normalized spacial score (nSPS) is 21.7. The molecule has 2 fully saturated rings. The number of cyclic esters (lactones) is 1. The van der Waals surface area contributed by atoms with Crippen LogP contribution in [0.4, 0.5) is 0 Å². The molecule has 3 atom stereocenters. The number of hydrazine groups is 1. The second-order valence-corrected chi connectivity index (χ2v) is 16.1. The van der Waals surface area contributed by atoms with Crippen LogP contribution in [0, 0.1) is 5.41 Å². The lowest BCUT2D eigenvalue weighted by Crippen LogP contribution is -2.59. The lowest BCUT2D eigenvalue weighted by atomic mass is 9.84. The molecule has 3 N–H and O–H groups in total. The van der Waals surface area contributed by atoms with Gasteiger partial charge >= 0.3 is 5.97 Å². The van der Waals surface area contributed by atoms with Gasteiger partial charge in [-0.3, -0.25) is 24.3 Å². The quantitative estimate of drug-likeness (QED) is 0.142. The van der Waals surface area contributed by atoms with Crippen LogP contribution in [0.3, 0.4) is 0 Å². The van der Waals surface area contributed by atoms with Crippen molar-refractivity contribution in [1.82, 2.24) is 24.7 Å². The van der Waals surface area contributed by atoms with Gasteiger partial charge in [0.05, 0.1) is 24.1 Å². The Morgan fingerprint density at radius 2 is 1.96 bits per heavy atom. The van der Waals surface area contributed by atoms with Gasteiger partial charge in [-0.05, 0) is 111 Å². The van der Waals surface area contributed by atoms with Crippen molar-refractivity contribution in [3.05, 3.63) is 71.5 Å². The smallest absolute Gasteiger partial charge is 0.324 e. The van der Waals surface area contributed by atoms with Gasteiger partial charge < -0.3 is 19.1 Å². The third kappa shape index (κ3) is 7.53. The molecule has 1 saturated carbocycles. The van der Waals surface area contributed by atoms with Gasteiger partial charge in [-0.25, -0.2) is 5.43 Å². The van der Waals surface area contributed by atoms with Gasteiger partial charge in [-0.2, -0.15) is 0 Å². The molecule has 2 aliphatic heterocycles. The molecule has 4 heterocycles. The van der Waals surface area contributed by atoms with Crippen LogP contribution in [0.1, 0.15) is 76.3 Å². The second kappa shape index (κ2) is 14.6. The van der Waals surface area contributed by atoms with E-state index in [9.17, 15) is 14.7 Å². The number of aromatic hydroxyl groups is 1. The summed E-state index contributed by atoms with van der Waals surface area (Å²) in [5, 5.41) is 14.2. The highest BCUT2D eigenvalue weighted by molar-refractivity contribution is 7.98. The maximum Gasteiger partial charge on any atom is 0.324 e. The number of hydrogen-bond donors (Lipinski definition) is 3. The molecule has 10 nitrogen and oxygen atoms in total. The van der Waals surface area contributed by atoms with Crippen LogP contribution < -0.4 is 10.1 Å². The molecule has 1 aliphatic carbocycles. The highest BCUT2D eigenvalue weighted by Crippen LogP contribution is 2.42. The monoisotopic (exact) mass is 711 g/mol. The first-order chi connectivity index (χ1) is 24.5. The second-order valence-electron chi connectivity index (χ2n) is 15.0. The molecule has 1 saturated heterocycles. The van der Waals surface area contributed by atoms with Crippen molar-refractivity contribution in [3.63, 3.8) is 0 Å². The largest absolute Gasteiger partial charge is 0.508 e. The van der Waals surface area contributed by atoms with E-state index in [1.165, 1.54) is 0 Å². The molecule has 0 radical (unpaired) electrons. The Hall–Kier alpha value is -3.90. The summed E-state index contributed by atoms with van der Waals surface area (Å²) in [4.78, 5) is 32.4. The Balaban J connectivity index is 1.40. The maximum absolute atomic E-state index is 14.0. The molecule has 270 valence electrons. The van der Waals surface area contributed by atoms with E-state index < -0.39 is 17.5 Å². The minimum Gasteiger partial charge on any atom is -0.508 e. The predicted octanol–water partition coefficient (Wildman–Crippen LogP) is 6.74. The molecule has 2 aromatic heterocycles. The van der Waals surface area contributed by atoms with E-state index in [1.54, 1.807) is 36.2 Å². The zero-order chi connectivity index (χ0) is 35.9. The number of esters is 1. The first kappa shape index (κ1) is 35.5. The van der Waals surface area contributed by atoms with Gasteiger partial charge in [-0.1, -0.05) is 37.9 Å². The zero-order valence-corrected chi connectivity index (χ0v) is 31.0. The summed E-state index contributed by atoms with van der Waals surface area (Å²) in [5.74, 6) is -0.319. The van der Waals surface area contributed by atoms with Crippen molar-refractivity contribution in [2.24, 2.45) is 5.41 Å². The van der Waals surface area contributed by atoms with Crippen LogP contribution in [0.25, 0.3) is 33.3 Å². The summed E-state index contributed by atoms with van der Waals surface area (Å²) in [6.07, 6.45) is 6.12. The number of hydrogen-bond acceptors (Lipinski definition) is 9. The van der Waals surface area contributed by atoms with E-state index in [0.29, 0.717) is 37.5 Å². The molecular formula is C40H49N5O5S. The van der Waals surface area contributed by atoms with Crippen molar-refractivity contribution >= 4 is 34.7 Å². The Morgan fingerprint density at radius 3 is 2.73 bits per heavy atom. The van der Waals surface area contributed by atoms with Crippen molar-refractivity contribution in [2.75, 3.05) is 20.3 Å². The van der Waals surface area contributed by atoms with E-state index in [-0.39, 0.29) is 30.3 Å². The number of carbonyl (C=O) groups excluding carboxylic acids is 2. The summed E-state index contributed by atoms with van der Waals surface area (Å²) in [7, 11) is 1.70. The number of carbonyl (C=O) groups is 2. The number of rotatable bonds is 7. The Labute approximate surface area is 304 Å². The van der Waals surface area contributed by atoms with Crippen molar-refractivity contribution in [3.8, 4) is 28.1 Å². The average Bonchev–Trinajstić information content (AvgIpc) is 3.92. The zero-order valence-electron chi connectivity index (χ0n) is 30.2. The van der Waals surface area contributed by atoms with Crippen molar-refractivity contribution < 1.29 is 24.2 Å². The number of amides is 1. The lowest BCUT2D eigenvalue weighted by molar-refractivity contribution is -0.154. The molecule has 0 spiro atoms. The van der Waals surface area contributed by atoms with Gasteiger partial charge in [0.25, 0.3) is 5.91 Å². The topological polar surface area (TPSA) is 118 Å². The highest BCUT2D eigenvalue weighted by Gasteiger charge is 2.35. The number of phenolic OH excluding ortho intramolecular Hbond substituents is 1.